The highest BCUT2D eigenvalue weighted by atomic mass is 35.5. The molecule has 1 fully saturated rings. The van der Waals surface area contributed by atoms with Crippen LogP contribution in [0.4, 0.5) is 5.69 Å². The van der Waals surface area contributed by atoms with Crippen LogP contribution in [0.15, 0.2) is 42.9 Å². The number of carbonyl (C=O) groups is 1. The monoisotopic (exact) mass is 369 g/mol. The number of nitrogens with zero attached hydrogens (tertiary/aromatic N) is 5. The first-order chi connectivity index (χ1) is 12.6. The van der Waals surface area contributed by atoms with Crippen molar-refractivity contribution in [2.24, 2.45) is 7.05 Å². The highest BCUT2D eigenvalue weighted by Crippen LogP contribution is 2.26. The van der Waals surface area contributed by atoms with Crippen LogP contribution in [0, 0.1) is 0 Å². The minimum Gasteiger partial charge on any atom is -0.368 e. The van der Waals surface area contributed by atoms with Crippen LogP contribution in [0.3, 0.4) is 0 Å². The third kappa shape index (κ3) is 3.01. The zero-order valence-electron chi connectivity index (χ0n) is 14.6. The number of pyridine rings is 1. The maximum absolute atomic E-state index is 13.1. The molecule has 1 saturated heterocycles. The molecule has 0 atom stereocenters. The van der Waals surface area contributed by atoms with Crippen LogP contribution in [0.2, 0.25) is 5.02 Å². The Morgan fingerprint density at radius 1 is 1.08 bits per heavy atom. The Balaban J connectivity index is 1.55. The molecule has 1 aliphatic rings. The number of para-hydroxylation sites is 1. The van der Waals surface area contributed by atoms with E-state index in [0.29, 0.717) is 17.6 Å². The number of fused-ring (bicyclic) bond motifs is 1. The molecule has 1 aliphatic heterocycles. The Morgan fingerprint density at radius 2 is 1.92 bits per heavy atom. The predicted molar refractivity (Wildman–Crippen MR) is 103 cm³/mol. The number of hydrogen-bond donors (Lipinski definition) is 0. The SMILES string of the molecule is Cn1cnc2c(C(=O)N3CCCN(c4ccccc4Cl)CC3)ccnc21. The fourth-order valence-corrected chi connectivity index (χ4v) is 3.70. The fraction of sp³-hybridized carbons (Fsp3) is 0.316. The van der Waals surface area contributed by atoms with E-state index in [1.54, 1.807) is 18.6 Å². The highest BCUT2D eigenvalue weighted by molar-refractivity contribution is 6.33. The summed E-state index contributed by atoms with van der Waals surface area (Å²) in [5.74, 6) is 0.0112. The van der Waals surface area contributed by atoms with Gasteiger partial charge in [-0.3, -0.25) is 4.79 Å². The summed E-state index contributed by atoms with van der Waals surface area (Å²) in [6.45, 7) is 3.01. The summed E-state index contributed by atoms with van der Waals surface area (Å²) < 4.78 is 1.83. The smallest absolute Gasteiger partial charge is 0.256 e. The molecule has 2 aromatic heterocycles. The lowest BCUT2D eigenvalue weighted by atomic mass is 10.2. The zero-order chi connectivity index (χ0) is 18.1. The van der Waals surface area contributed by atoms with E-state index in [4.69, 9.17) is 11.6 Å². The molecule has 1 amide bonds. The number of carbonyl (C=O) groups excluding carboxylic acids is 1. The maximum Gasteiger partial charge on any atom is 0.256 e. The van der Waals surface area contributed by atoms with Gasteiger partial charge in [-0.1, -0.05) is 23.7 Å². The van der Waals surface area contributed by atoms with Crippen molar-refractivity contribution in [3.63, 3.8) is 0 Å². The maximum atomic E-state index is 13.1. The number of imidazole rings is 1. The van der Waals surface area contributed by atoms with Gasteiger partial charge < -0.3 is 14.4 Å². The van der Waals surface area contributed by atoms with Gasteiger partial charge in [-0.05, 0) is 24.6 Å². The van der Waals surface area contributed by atoms with Crippen LogP contribution in [-0.2, 0) is 7.05 Å². The topological polar surface area (TPSA) is 54.3 Å². The predicted octanol–water partition coefficient (Wildman–Crippen LogP) is 2.97. The average Bonchev–Trinajstić information content (AvgIpc) is 2.89. The van der Waals surface area contributed by atoms with Gasteiger partial charge in [-0.2, -0.15) is 0 Å². The molecule has 0 spiro atoms. The Kier molecular flexibility index (Phi) is 4.51. The van der Waals surface area contributed by atoms with Crippen molar-refractivity contribution in [3.8, 4) is 0 Å². The summed E-state index contributed by atoms with van der Waals surface area (Å²) in [4.78, 5) is 25.9. The first-order valence-corrected chi connectivity index (χ1v) is 9.08. The van der Waals surface area contributed by atoms with Crippen LogP contribution in [0.5, 0.6) is 0 Å². The van der Waals surface area contributed by atoms with Gasteiger partial charge >= 0.3 is 0 Å². The number of anilines is 1. The third-order valence-electron chi connectivity index (χ3n) is 4.81. The van der Waals surface area contributed by atoms with E-state index < -0.39 is 0 Å². The number of rotatable bonds is 2. The summed E-state index contributed by atoms with van der Waals surface area (Å²) in [6, 6.07) is 9.61. The van der Waals surface area contributed by atoms with E-state index in [1.165, 1.54) is 0 Å². The molecule has 3 aromatic rings. The molecule has 1 aromatic carbocycles. The minimum absolute atomic E-state index is 0.0112. The molecule has 26 heavy (non-hydrogen) atoms. The van der Waals surface area contributed by atoms with Crippen molar-refractivity contribution in [1.29, 1.82) is 0 Å². The van der Waals surface area contributed by atoms with E-state index >= 15 is 0 Å². The van der Waals surface area contributed by atoms with Crippen LogP contribution in [0.1, 0.15) is 16.8 Å². The summed E-state index contributed by atoms with van der Waals surface area (Å²) >= 11 is 6.33. The molecule has 0 aliphatic carbocycles. The van der Waals surface area contributed by atoms with Crippen LogP contribution in [0.25, 0.3) is 11.2 Å². The number of halogens is 1. The molecule has 0 radical (unpaired) electrons. The number of aryl methyl sites for hydroxylation is 1. The van der Waals surface area contributed by atoms with Crippen LogP contribution < -0.4 is 4.90 Å². The van der Waals surface area contributed by atoms with E-state index in [-0.39, 0.29) is 5.91 Å². The second-order valence-electron chi connectivity index (χ2n) is 6.47. The lowest BCUT2D eigenvalue weighted by Crippen LogP contribution is -2.35. The Morgan fingerprint density at radius 3 is 2.77 bits per heavy atom. The lowest BCUT2D eigenvalue weighted by molar-refractivity contribution is 0.0768. The molecule has 6 nitrogen and oxygen atoms in total. The molecule has 7 heteroatoms. The molecule has 4 rings (SSSR count). The molecular weight excluding hydrogens is 350 g/mol. The van der Waals surface area contributed by atoms with Crippen molar-refractivity contribution in [2.75, 3.05) is 31.1 Å². The molecule has 134 valence electrons. The van der Waals surface area contributed by atoms with Crippen molar-refractivity contribution in [1.82, 2.24) is 19.4 Å². The second kappa shape index (κ2) is 6.96. The summed E-state index contributed by atoms with van der Waals surface area (Å²) in [7, 11) is 1.88. The average molecular weight is 370 g/mol. The number of hydrogen-bond acceptors (Lipinski definition) is 4. The van der Waals surface area contributed by atoms with Crippen LogP contribution in [-0.4, -0.2) is 51.5 Å². The number of amides is 1. The standard InChI is InChI=1S/C19H20ClN5O/c1-23-13-22-17-14(7-8-21-18(17)23)19(26)25-10-4-9-24(11-12-25)16-6-3-2-5-15(16)20/h2-3,5-8,13H,4,9-12H2,1H3. The Labute approximate surface area is 157 Å². The zero-order valence-corrected chi connectivity index (χ0v) is 15.4. The molecule has 0 N–H and O–H groups in total. The van der Waals surface area contributed by atoms with Gasteiger partial charge in [0, 0.05) is 39.4 Å². The first-order valence-electron chi connectivity index (χ1n) is 8.70. The molecule has 0 bridgehead atoms. The third-order valence-corrected chi connectivity index (χ3v) is 5.13. The van der Waals surface area contributed by atoms with Crippen molar-refractivity contribution < 1.29 is 4.79 Å². The fourth-order valence-electron chi connectivity index (χ4n) is 3.44. The quantitative estimate of drug-likeness (QED) is 0.697. The van der Waals surface area contributed by atoms with Gasteiger partial charge in [0.25, 0.3) is 5.91 Å². The van der Waals surface area contributed by atoms with Crippen molar-refractivity contribution >= 4 is 34.4 Å². The number of benzene rings is 1. The van der Waals surface area contributed by atoms with Gasteiger partial charge in [0.15, 0.2) is 5.65 Å². The van der Waals surface area contributed by atoms with E-state index in [2.05, 4.69) is 14.9 Å². The van der Waals surface area contributed by atoms with Crippen LogP contribution >= 0.6 is 11.6 Å². The lowest BCUT2D eigenvalue weighted by Gasteiger charge is -2.24. The molecule has 3 heterocycles. The van der Waals surface area contributed by atoms with E-state index in [1.807, 2.05) is 40.8 Å². The minimum atomic E-state index is 0.0112. The normalized spacial score (nSPS) is 15.3. The van der Waals surface area contributed by atoms with Gasteiger partial charge in [0.1, 0.15) is 5.52 Å². The van der Waals surface area contributed by atoms with Crippen molar-refractivity contribution in [3.05, 3.63) is 53.4 Å². The Hall–Kier alpha value is -2.60. The van der Waals surface area contributed by atoms with E-state index in [9.17, 15) is 4.79 Å². The van der Waals surface area contributed by atoms with Gasteiger partial charge in [-0.15, -0.1) is 0 Å². The summed E-state index contributed by atoms with van der Waals surface area (Å²) in [5.41, 5.74) is 3.02. The van der Waals surface area contributed by atoms with Gasteiger partial charge in [0.05, 0.1) is 22.6 Å². The van der Waals surface area contributed by atoms with E-state index in [0.717, 1.165) is 42.4 Å². The van der Waals surface area contributed by atoms with Crippen molar-refractivity contribution in [2.45, 2.75) is 6.42 Å². The summed E-state index contributed by atoms with van der Waals surface area (Å²) in [6.07, 6.45) is 4.26. The molecular formula is C19H20ClN5O. The van der Waals surface area contributed by atoms with Gasteiger partial charge in [-0.25, -0.2) is 9.97 Å². The van der Waals surface area contributed by atoms with Gasteiger partial charge in [0.2, 0.25) is 0 Å². The molecule has 0 unspecified atom stereocenters. The highest BCUT2D eigenvalue weighted by Gasteiger charge is 2.23. The molecule has 0 saturated carbocycles. The first kappa shape index (κ1) is 16.8. The Bertz CT molecular complexity index is 954. The second-order valence-corrected chi connectivity index (χ2v) is 6.88. The number of aromatic nitrogens is 3. The summed E-state index contributed by atoms with van der Waals surface area (Å²) in [5, 5.41) is 0.747. The largest absolute Gasteiger partial charge is 0.368 e.